The number of ether oxygens (including phenoxy) is 1. The molecule has 0 radical (unpaired) electrons. The first-order valence-corrected chi connectivity index (χ1v) is 3.54. The van der Waals surface area contributed by atoms with E-state index in [2.05, 4.69) is 0 Å². The third-order valence-corrected chi connectivity index (χ3v) is 2.40. The van der Waals surface area contributed by atoms with Gasteiger partial charge in [-0.2, -0.15) is 0 Å². The number of esters is 1. The van der Waals surface area contributed by atoms with Gasteiger partial charge < -0.3 is 4.74 Å². The van der Waals surface area contributed by atoms with Gasteiger partial charge in [0.1, 0.15) is 0 Å². The summed E-state index contributed by atoms with van der Waals surface area (Å²) in [7, 11) is 0. The van der Waals surface area contributed by atoms with Gasteiger partial charge in [-0.25, -0.2) is 0 Å². The van der Waals surface area contributed by atoms with E-state index in [0.717, 1.165) is 6.42 Å². The molecule has 1 aliphatic carbocycles. The molecule has 9 heavy (non-hydrogen) atoms. The third kappa shape index (κ3) is 0.655. The predicted octanol–water partition coefficient (Wildman–Crippen LogP) is 0.960. The number of cyclic esters (lactones) is 1. The van der Waals surface area contributed by atoms with Gasteiger partial charge in [0.15, 0.2) is 0 Å². The average Bonchev–Trinajstić information content (AvgIpc) is 2.35. The SMILES string of the molecule is O=C1OC[C@H]2CCCC12. The molecule has 0 spiro atoms. The maximum atomic E-state index is 10.8. The van der Waals surface area contributed by atoms with E-state index < -0.39 is 0 Å². The monoisotopic (exact) mass is 126 g/mol. The number of fused-ring (bicyclic) bond motifs is 1. The van der Waals surface area contributed by atoms with E-state index in [1.165, 1.54) is 12.8 Å². The fourth-order valence-corrected chi connectivity index (χ4v) is 1.84. The number of hydrogen-bond acceptors (Lipinski definition) is 2. The first-order valence-electron chi connectivity index (χ1n) is 3.54. The first-order chi connectivity index (χ1) is 4.38. The molecular weight excluding hydrogens is 116 g/mol. The van der Waals surface area contributed by atoms with Gasteiger partial charge in [0.25, 0.3) is 0 Å². The van der Waals surface area contributed by atoms with Crippen molar-refractivity contribution in [2.75, 3.05) is 6.61 Å². The zero-order valence-corrected chi connectivity index (χ0v) is 5.30. The molecule has 0 aromatic heterocycles. The Kier molecular flexibility index (Phi) is 1.01. The minimum Gasteiger partial charge on any atom is -0.465 e. The molecule has 2 aliphatic rings. The maximum Gasteiger partial charge on any atom is 0.309 e. The Bertz CT molecular complexity index is 142. The van der Waals surface area contributed by atoms with Gasteiger partial charge in [0.05, 0.1) is 12.5 Å². The molecule has 1 saturated heterocycles. The van der Waals surface area contributed by atoms with Crippen LogP contribution < -0.4 is 0 Å². The van der Waals surface area contributed by atoms with Gasteiger partial charge in [-0.15, -0.1) is 0 Å². The van der Waals surface area contributed by atoms with Crippen molar-refractivity contribution in [2.24, 2.45) is 11.8 Å². The van der Waals surface area contributed by atoms with Gasteiger partial charge in [0.2, 0.25) is 0 Å². The van der Waals surface area contributed by atoms with Crippen molar-refractivity contribution in [3.63, 3.8) is 0 Å². The fraction of sp³-hybridized carbons (Fsp3) is 0.857. The van der Waals surface area contributed by atoms with Crippen molar-refractivity contribution >= 4 is 5.97 Å². The molecule has 1 aliphatic heterocycles. The molecule has 2 fully saturated rings. The first kappa shape index (κ1) is 5.27. The second kappa shape index (κ2) is 1.72. The van der Waals surface area contributed by atoms with Gasteiger partial charge in [-0.1, -0.05) is 6.42 Å². The molecule has 2 rings (SSSR count). The Morgan fingerprint density at radius 1 is 1.44 bits per heavy atom. The van der Waals surface area contributed by atoms with E-state index >= 15 is 0 Å². The van der Waals surface area contributed by atoms with Crippen LogP contribution >= 0.6 is 0 Å². The summed E-state index contributed by atoms with van der Waals surface area (Å²) >= 11 is 0. The van der Waals surface area contributed by atoms with Crippen molar-refractivity contribution < 1.29 is 9.53 Å². The minimum absolute atomic E-state index is 0.0532. The topological polar surface area (TPSA) is 26.3 Å². The molecule has 0 N–H and O–H groups in total. The third-order valence-electron chi connectivity index (χ3n) is 2.40. The van der Waals surface area contributed by atoms with Crippen molar-refractivity contribution in [3.8, 4) is 0 Å². The largest absolute Gasteiger partial charge is 0.465 e. The number of carbonyl (C=O) groups excluding carboxylic acids is 1. The Hall–Kier alpha value is -0.530. The van der Waals surface area contributed by atoms with Gasteiger partial charge in [-0.3, -0.25) is 4.79 Å². The van der Waals surface area contributed by atoms with E-state index in [-0.39, 0.29) is 11.9 Å². The highest BCUT2D eigenvalue weighted by atomic mass is 16.5. The normalized spacial score (nSPS) is 40.7. The Labute approximate surface area is 54.2 Å². The fourth-order valence-electron chi connectivity index (χ4n) is 1.84. The van der Waals surface area contributed by atoms with Crippen LogP contribution in [0.15, 0.2) is 0 Å². The van der Waals surface area contributed by atoms with Crippen LogP contribution in [0.3, 0.4) is 0 Å². The summed E-state index contributed by atoms with van der Waals surface area (Å²) in [5.41, 5.74) is 0. The lowest BCUT2D eigenvalue weighted by Gasteiger charge is -1.97. The molecule has 0 bridgehead atoms. The highest BCUT2D eigenvalue weighted by Crippen LogP contribution is 2.36. The number of carbonyl (C=O) groups is 1. The molecule has 50 valence electrons. The molecule has 0 amide bonds. The van der Waals surface area contributed by atoms with Crippen LogP contribution in [0.25, 0.3) is 0 Å². The summed E-state index contributed by atoms with van der Waals surface area (Å²) in [6.45, 7) is 0.698. The van der Waals surface area contributed by atoms with Crippen molar-refractivity contribution in [3.05, 3.63) is 0 Å². The van der Waals surface area contributed by atoms with Crippen molar-refractivity contribution in [2.45, 2.75) is 19.3 Å². The lowest BCUT2D eigenvalue weighted by molar-refractivity contribution is -0.141. The van der Waals surface area contributed by atoms with Crippen LogP contribution in [0.2, 0.25) is 0 Å². The van der Waals surface area contributed by atoms with Crippen molar-refractivity contribution in [1.29, 1.82) is 0 Å². The highest BCUT2D eigenvalue weighted by molar-refractivity contribution is 5.75. The van der Waals surface area contributed by atoms with E-state index in [1.54, 1.807) is 0 Å². The zero-order valence-electron chi connectivity index (χ0n) is 5.30. The lowest BCUT2D eigenvalue weighted by atomic mass is 10.0. The van der Waals surface area contributed by atoms with E-state index in [1.807, 2.05) is 0 Å². The van der Waals surface area contributed by atoms with Gasteiger partial charge >= 0.3 is 5.97 Å². The second-order valence-electron chi connectivity index (χ2n) is 2.93. The molecule has 0 aromatic rings. The number of hydrogen-bond donors (Lipinski definition) is 0. The minimum atomic E-state index is 0.0532. The Morgan fingerprint density at radius 2 is 2.33 bits per heavy atom. The molecule has 1 heterocycles. The predicted molar refractivity (Wildman–Crippen MR) is 31.8 cm³/mol. The Balaban J connectivity index is 2.15. The molecule has 1 saturated carbocycles. The van der Waals surface area contributed by atoms with Gasteiger partial charge in [0, 0.05) is 5.92 Å². The smallest absolute Gasteiger partial charge is 0.309 e. The van der Waals surface area contributed by atoms with Crippen LogP contribution in [-0.2, 0) is 9.53 Å². The Morgan fingerprint density at radius 3 is 3.11 bits per heavy atom. The lowest BCUT2D eigenvalue weighted by Crippen LogP contribution is -2.07. The second-order valence-corrected chi connectivity index (χ2v) is 2.93. The molecule has 0 aromatic carbocycles. The van der Waals surface area contributed by atoms with E-state index in [9.17, 15) is 4.79 Å². The van der Waals surface area contributed by atoms with Crippen LogP contribution in [0.4, 0.5) is 0 Å². The molecule has 2 atom stereocenters. The van der Waals surface area contributed by atoms with Crippen LogP contribution in [0.5, 0.6) is 0 Å². The van der Waals surface area contributed by atoms with Crippen molar-refractivity contribution in [1.82, 2.24) is 0 Å². The molecule has 2 heteroatoms. The summed E-state index contributed by atoms with van der Waals surface area (Å²) in [5.74, 6) is 0.917. The summed E-state index contributed by atoms with van der Waals surface area (Å²) in [4.78, 5) is 10.8. The highest BCUT2D eigenvalue weighted by Gasteiger charge is 2.39. The molecule has 2 nitrogen and oxygen atoms in total. The van der Waals surface area contributed by atoms with E-state index in [4.69, 9.17) is 4.74 Å². The number of rotatable bonds is 0. The summed E-state index contributed by atoms with van der Waals surface area (Å²) in [6.07, 6.45) is 3.50. The van der Waals surface area contributed by atoms with Crippen LogP contribution in [-0.4, -0.2) is 12.6 Å². The maximum absolute atomic E-state index is 10.8. The average molecular weight is 126 g/mol. The summed E-state index contributed by atoms with van der Waals surface area (Å²) < 4.78 is 4.88. The summed E-state index contributed by atoms with van der Waals surface area (Å²) in [5, 5.41) is 0. The zero-order chi connectivity index (χ0) is 6.27. The van der Waals surface area contributed by atoms with E-state index in [0.29, 0.717) is 12.5 Å². The standard InChI is InChI=1S/C7H10O2/c8-7-6-3-1-2-5(6)4-9-7/h5-6H,1-4H2/t5-,6?/m1/s1. The van der Waals surface area contributed by atoms with Crippen LogP contribution in [0.1, 0.15) is 19.3 Å². The molecular formula is C7H10O2. The van der Waals surface area contributed by atoms with Crippen LogP contribution in [0, 0.1) is 11.8 Å². The van der Waals surface area contributed by atoms with Gasteiger partial charge in [-0.05, 0) is 12.8 Å². The molecule has 1 unspecified atom stereocenters. The quantitative estimate of drug-likeness (QED) is 0.452. The summed E-state index contributed by atoms with van der Waals surface area (Å²) in [6, 6.07) is 0.